The largest absolute Gasteiger partial charge is 0.466 e. The zero-order valence-electron chi connectivity index (χ0n) is 9.85. The number of esters is 1. The van der Waals surface area contributed by atoms with E-state index in [2.05, 4.69) is 10.3 Å². The Morgan fingerprint density at radius 3 is 3.11 bits per heavy atom. The monoisotopic (exact) mass is 268 g/mol. The first-order chi connectivity index (χ1) is 8.63. The molecule has 0 bridgehead atoms. The van der Waals surface area contributed by atoms with E-state index in [0.717, 1.165) is 0 Å². The van der Waals surface area contributed by atoms with Crippen LogP contribution in [-0.2, 0) is 14.3 Å². The van der Waals surface area contributed by atoms with Crippen LogP contribution in [0.25, 0.3) is 0 Å². The van der Waals surface area contributed by atoms with E-state index in [1.165, 1.54) is 0 Å². The summed E-state index contributed by atoms with van der Waals surface area (Å²) < 4.78 is 4.96. The molecule has 1 aliphatic heterocycles. The molecule has 1 N–H and O–H groups in total. The lowest BCUT2D eigenvalue weighted by molar-refractivity contribution is -0.148. The summed E-state index contributed by atoms with van der Waals surface area (Å²) in [6.45, 7) is 2.01. The molecule has 1 fully saturated rings. The SMILES string of the molecule is CCOC(=O)C1CC(=O)NC1c1ncccc1Cl. The van der Waals surface area contributed by atoms with Crippen LogP contribution in [0.1, 0.15) is 25.1 Å². The Bertz CT molecular complexity index is 478. The van der Waals surface area contributed by atoms with Crippen LogP contribution < -0.4 is 5.32 Å². The van der Waals surface area contributed by atoms with Crippen molar-refractivity contribution in [3.05, 3.63) is 29.0 Å². The number of amides is 1. The third-order valence-electron chi connectivity index (χ3n) is 2.80. The summed E-state index contributed by atoms with van der Waals surface area (Å²) in [7, 11) is 0. The van der Waals surface area contributed by atoms with Crippen LogP contribution in [0.5, 0.6) is 0 Å². The van der Waals surface area contributed by atoms with Gasteiger partial charge in [-0.1, -0.05) is 11.6 Å². The minimum absolute atomic E-state index is 0.108. The quantitative estimate of drug-likeness (QED) is 0.843. The Kier molecular flexibility index (Phi) is 3.81. The van der Waals surface area contributed by atoms with Gasteiger partial charge in [0.15, 0.2) is 0 Å². The van der Waals surface area contributed by atoms with Crippen molar-refractivity contribution in [2.45, 2.75) is 19.4 Å². The fourth-order valence-corrected chi connectivity index (χ4v) is 2.24. The summed E-state index contributed by atoms with van der Waals surface area (Å²) in [4.78, 5) is 27.4. The summed E-state index contributed by atoms with van der Waals surface area (Å²) in [5, 5.41) is 3.14. The van der Waals surface area contributed by atoms with E-state index in [9.17, 15) is 9.59 Å². The number of nitrogens with zero attached hydrogens (tertiary/aromatic N) is 1. The molecule has 1 aromatic rings. The van der Waals surface area contributed by atoms with Crippen molar-refractivity contribution in [1.29, 1.82) is 0 Å². The summed E-state index contributed by atoms with van der Waals surface area (Å²) in [6, 6.07) is 2.86. The standard InChI is InChI=1S/C12H13ClN2O3/c1-2-18-12(17)7-6-9(16)15-10(7)11-8(13)4-3-5-14-11/h3-5,7,10H,2,6H2,1H3,(H,15,16). The van der Waals surface area contributed by atoms with Gasteiger partial charge in [-0.25, -0.2) is 0 Å². The fraction of sp³-hybridized carbons (Fsp3) is 0.417. The van der Waals surface area contributed by atoms with Gasteiger partial charge in [-0.05, 0) is 19.1 Å². The molecular weight excluding hydrogens is 256 g/mol. The van der Waals surface area contributed by atoms with Crippen molar-refractivity contribution in [3.8, 4) is 0 Å². The lowest BCUT2D eigenvalue weighted by Gasteiger charge is -2.17. The predicted octanol–water partition coefficient (Wildman–Crippen LogP) is 1.48. The number of nitrogens with one attached hydrogen (secondary N) is 1. The Morgan fingerprint density at radius 2 is 2.44 bits per heavy atom. The first-order valence-electron chi connectivity index (χ1n) is 5.70. The average molecular weight is 269 g/mol. The Hall–Kier alpha value is -1.62. The highest BCUT2D eigenvalue weighted by atomic mass is 35.5. The fourth-order valence-electron chi connectivity index (χ4n) is 2.00. The molecule has 1 aliphatic rings. The molecule has 0 spiro atoms. The highest BCUT2D eigenvalue weighted by molar-refractivity contribution is 6.31. The van der Waals surface area contributed by atoms with Crippen molar-refractivity contribution in [3.63, 3.8) is 0 Å². The zero-order valence-corrected chi connectivity index (χ0v) is 10.6. The van der Waals surface area contributed by atoms with Gasteiger partial charge < -0.3 is 10.1 Å². The van der Waals surface area contributed by atoms with Gasteiger partial charge in [-0.15, -0.1) is 0 Å². The second-order valence-corrected chi connectivity index (χ2v) is 4.39. The third-order valence-corrected chi connectivity index (χ3v) is 3.11. The molecule has 2 heterocycles. The van der Waals surface area contributed by atoms with E-state index in [-0.39, 0.29) is 18.9 Å². The maximum Gasteiger partial charge on any atom is 0.311 e. The first-order valence-corrected chi connectivity index (χ1v) is 6.07. The minimum atomic E-state index is -0.565. The first kappa shape index (κ1) is 12.8. The normalized spacial score (nSPS) is 22.7. The molecule has 18 heavy (non-hydrogen) atoms. The molecule has 0 aliphatic carbocycles. The zero-order chi connectivity index (χ0) is 13.1. The van der Waals surface area contributed by atoms with Crippen LogP contribution in [-0.4, -0.2) is 23.5 Å². The lowest BCUT2D eigenvalue weighted by atomic mass is 9.97. The van der Waals surface area contributed by atoms with E-state index in [1.807, 2.05) is 0 Å². The van der Waals surface area contributed by atoms with Crippen molar-refractivity contribution in [2.24, 2.45) is 5.92 Å². The summed E-state index contributed by atoms with van der Waals surface area (Å²) in [6.07, 6.45) is 1.68. The lowest BCUT2D eigenvalue weighted by Crippen LogP contribution is -2.27. The number of aromatic nitrogens is 1. The van der Waals surface area contributed by atoms with Crippen LogP contribution in [0.3, 0.4) is 0 Å². The summed E-state index contributed by atoms with van der Waals surface area (Å²) >= 11 is 6.03. The highest BCUT2D eigenvalue weighted by Crippen LogP contribution is 2.33. The van der Waals surface area contributed by atoms with Gasteiger partial charge in [0, 0.05) is 12.6 Å². The van der Waals surface area contributed by atoms with Crippen LogP contribution in [0.4, 0.5) is 0 Å². The summed E-state index contributed by atoms with van der Waals surface area (Å²) in [5.74, 6) is -1.16. The molecule has 0 radical (unpaired) electrons. The summed E-state index contributed by atoms with van der Waals surface area (Å²) in [5.41, 5.74) is 0.503. The second-order valence-electron chi connectivity index (χ2n) is 3.98. The smallest absolute Gasteiger partial charge is 0.311 e. The van der Waals surface area contributed by atoms with Crippen LogP contribution in [0.2, 0.25) is 5.02 Å². The van der Waals surface area contributed by atoms with Gasteiger partial charge in [0.2, 0.25) is 5.91 Å². The van der Waals surface area contributed by atoms with Gasteiger partial charge in [-0.3, -0.25) is 14.6 Å². The molecule has 2 atom stereocenters. The molecule has 5 nitrogen and oxygen atoms in total. The average Bonchev–Trinajstić information content (AvgIpc) is 2.72. The Balaban J connectivity index is 2.28. The number of pyridine rings is 1. The number of rotatable bonds is 3. The molecule has 0 saturated carbocycles. The van der Waals surface area contributed by atoms with Crippen molar-refractivity contribution in [1.82, 2.24) is 10.3 Å². The van der Waals surface area contributed by atoms with E-state index < -0.39 is 17.9 Å². The van der Waals surface area contributed by atoms with Gasteiger partial charge in [0.05, 0.1) is 29.3 Å². The Morgan fingerprint density at radius 1 is 1.67 bits per heavy atom. The van der Waals surface area contributed by atoms with E-state index in [4.69, 9.17) is 16.3 Å². The van der Waals surface area contributed by atoms with Crippen LogP contribution in [0.15, 0.2) is 18.3 Å². The molecule has 0 aromatic carbocycles. The van der Waals surface area contributed by atoms with Crippen molar-refractivity contribution >= 4 is 23.5 Å². The topological polar surface area (TPSA) is 68.3 Å². The molecule has 2 unspecified atom stereocenters. The maximum absolute atomic E-state index is 11.8. The number of hydrogen-bond donors (Lipinski definition) is 1. The maximum atomic E-state index is 11.8. The van der Waals surface area contributed by atoms with Crippen molar-refractivity contribution in [2.75, 3.05) is 6.61 Å². The highest BCUT2D eigenvalue weighted by Gasteiger charge is 2.41. The van der Waals surface area contributed by atoms with Gasteiger partial charge in [-0.2, -0.15) is 0 Å². The molecule has 1 amide bonds. The number of ether oxygens (including phenoxy) is 1. The molecular formula is C12H13ClN2O3. The van der Waals surface area contributed by atoms with Gasteiger partial charge in [0.25, 0.3) is 0 Å². The van der Waals surface area contributed by atoms with Crippen LogP contribution in [0, 0.1) is 5.92 Å². The number of carbonyl (C=O) groups is 2. The predicted molar refractivity (Wildman–Crippen MR) is 64.9 cm³/mol. The molecule has 2 rings (SSSR count). The van der Waals surface area contributed by atoms with Gasteiger partial charge in [0.1, 0.15) is 0 Å². The minimum Gasteiger partial charge on any atom is -0.466 e. The molecule has 1 saturated heterocycles. The van der Waals surface area contributed by atoms with E-state index >= 15 is 0 Å². The number of halogens is 1. The second kappa shape index (κ2) is 5.35. The van der Waals surface area contributed by atoms with E-state index in [1.54, 1.807) is 25.3 Å². The third kappa shape index (κ3) is 2.46. The number of carbonyl (C=O) groups excluding carboxylic acids is 2. The van der Waals surface area contributed by atoms with E-state index in [0.29, 0.717) is 10.7 Å². The molecule has 6 heteroatoms. The van der Waals surface area contributed by atoms with Crippen molar-refractivity contribution < 1.29 is 14.3 Å². The number of hydrogen-bond acceptors (Lipinski definition) is 4. The van der Waals surface area contributed by atoms with Gasteiger partial charge >= 0.3 is 5.97 Å². The Labute approximate surface area is 109 Å². The molecule has 1 aromatic heterocycles. The molecule has 96 valence electrons. The van der Waals surface area contributed by atoms with Crippen LogP contribution >= 0.6 is 11.6 Å².